The summed E-state index contributed by atoms with van der Waals surface area (Å²) in [7, 11) is 0. The Kier molecular flexibility index (Phi) is 3.66. The van der Waals surface area contributed by atoms with Crippen molar-refractivity contribution >= 4 is 5.97 Å². The van der Waals surface area contributed by atoms with E-state index in [9.17, 15) is 4.79 Å². The molecule has 1 atom stereocenters. The minimum Gasteiger partial charge on any atom is -0.459 e. The summed E-state index contributed by atoms with van der Waals surface area (Å²) in [6, 6.07) is 2.09. The van der Waals surface area contributed by atoms with Crippen LogP contribution in [0.4, 0.5) is 0 Å². The zero-order valence-electron chi connectivity index (χ0n) is 9.15. The van der Waals surface area contributed by atoms with Gasteiger partial charge in [-0.05, 0) is 20.3 Å². The lowest BCUT2D eigenvalue weighted by Crippen LogP contribution is -2.31. The number of hydrogen-bond acceptors (Lipinski definition) is 5. The van der Waals surface area contributed by atoms with Crippen LogP contribution in [-0.4, -0.2) is 17.9 Å². The van der Waals surface area contributed by atoms with Gasteiger partial charge >= 0.3 is 11.8 Å². The molecule has 0 bridgehead atoms. The summed E-state index contributed by atoms with van der Waals surface area (Å²) in [4.78, 5) is 20.9. The van der Waals surface area contributed by atoms with E-state index in [-0.39, 0.29) is 18.4 Å². The Hall–Kier alpha value is -1.12. The van der Waals surface area contributed by atoms with Gasteiger partial charge in [0.25, 0.3) is 0 Å². The van der Waals surface area contributed by atoms with Crippen LogP contribution in [0.15, 0.2) is 0 Å². The Morgan fingerprint density at radius 2 is 2.13 bits per heavy atom. The molecule has 1 aliphatic heterocycles. The monoisotopic (exact) mass is 213 g/mol. The largest absolute Gasteiger partial charge is 0.459 e. The van der Waals surface area contributed by atoms with Gasteiger partial charge in [-0.2, -0.15) is 15.0 Å². The van der Waals surface area contributed by atoms with E-state index in [1.165, 1.54) is 0 Å². The van der Waals surface area contributed by atoms with Gasteiger partial charge in [0.05, 0.1) is 18.1 Å². The third-order valence-corrected chi connectivity index (χ3v) is 2.13. The van der Waals surface area contributed by atoms with Crippen LogP contribution in [0, 0.1) is 17.2 Å². The zero-order valence-corrected chi connectivity index (χ0v) is 9.15. The van der Waals surface area contributed by atoms with Gasteiger partial charge in [-0.3, -0.25) is 0 Å². The van der Waals surface area contributed by atoms with Gasteiger partial charge in [-0.25, -0.2) is 4.79 Å². The Bertz CT molecular complexity index is 278. The van der Waals surface area contributed by atoms with Gasteiger partial charge in [0.1, 0.15) is 0 Å². The van der Waals surface area contributed by atoms with Crippen LogP contribution in [-0.2, 0) is 19.3 Å². The van der Waals surface area contributed by atoms with Crippen molar-refractivity contribution in [2.24, 2.45) is 5.92 Å². The molecule has 0 radical (unpaired) electrons. The third kappa shape index (κ3) is 2.91. The Labute approximate surface area is 88.8 Å². The van der Waals surface area contributed by atoms with Gasteiger partial charge < -0.3 is 4.74 Å². The van der Waals surface area contributed by atoms with E-state index in [0.29, 0.717) is 6.42 Å². The highest BCUT2D eigenvalue weighted by Crippen LogP contribution is 2.38. The number of carbonyl (C=O) groups is 1. The number of hydrogen-bond donors (Lipinski definition) is 0. The molecule has 0 aromatic heterocycles. The first-order valence-electron chi connectivity index (χ1n) is 5.01. The first-order chi connectivity index (χ1) is 7.04. The molecule has 1 fully saturated rings. The zero-order chi connectivity index (χ0) is 11.5. The molecule has 0 saturated carbocycles. The second kappa shape index (κ2) is 4.60. The van der Waals surface area contributed by atoms with Crippen LogP contribution in [0.25, 0.3) is 0 Å². The highest BCUT2D eigenvalue weighted by Gasteiger charge is 2.59. The molecule has 1 aliphatic rings. The summed E-state index contributed by atoms with van der Waals surface area (Å²) in [5, 5.41) is 8.77. The van der Waals surface area contributed by atoms with E-state index in [4.69, 9.17) is 10.00 Å². The maximum absolute atomic E-state index is 11.5. The van der Waals surface area contributed by atoms with Gasteiger partial charge in [0.15, 0.2) is 0 Å². The second-order valence-corrected chi connectivity index (χ2v) is 3.81. The van der Waals surface area contributed by atoms with Crippen molar-refractivity contribution in [3.8, 4) is 6.07 Å². The molecular formula is C10H15NO4. The number of nitriles is 1. The maximum atomic E-state index is 11.5. The first-order valence-corrected chi connectivity index (χ1v) is 5.01. The lowest BCUT2D eigenvalue weighted by molar-refractivity contribution is -0.155. The molecule has 0 aromatic rings. The summed E-state index contributed by atoms with van der Waals surface area (Å²) in [5.41, 5.74) is 0. The van der Waals surface area contributed by atoms with Crippen molar-refractivity contribution in [1.82, 2.24) is 0 Å². The normalized spacial score (nSPS) is 19.4. The van der Waals surface area contributed by atoms with Gasteiger partial charge in [0.2, 0.25) is 0 Å². The van der Waals surface area contributed by atoms with E-state index in [0.717, 1.165) is 0 Å². The van der Waals surface area contributed by atoms with Crippen molar-refractivity contribution in [2.45, 2.75) is 45.5 Å². The van der Waals surface area contributed by atoms with Crippen LogP contribution in [0.2, 0.25) is 0 Å². The van der Waals surface area contributed by atoms with E-state index >= 15 is 0 Å². The fourth-order valence-corrected chi connectivity index (χ4v) is 1.18. The summed E-state index contributed by atoms with van der Waals surface area (Å²) in [6.07, 6.45) is 0.662. The minimum absolute atomic E-state index is 0.218. The molecule has 0 amide bonds. The van der Waals surface area contributed by atoms with E-state index in [1.807, 2.05) is 6.92 Å². The molecule has 1 saturated heterocycles. The Balaban J connectivity index is 2.53. The Morgan fingerprint density at radius 3 is 2.47 bits per heavy atom. The number of esters is 1. The van der Waals surface area contributed by atoms with Crippen molar-refractivity contribution in [3.05, 3.63) is 0 Å². The molecule has 0 N–H and O–H groups in total. The number of rotatable bonds is 5. The van der Waals surface area contributed by atoms with Crippen molar-refractivity contribution in [2.75, 3.05) is 0 Å². The molecule has 0 aliphatic carbocycles. The number of nitrogens with zero attached hydrogens (tertiary/aromatic N) is 1. The van der Waals surface area contributed by atoms with E-state index in [2.05, 4.69) is 15.8 Å². The van der Waals surface area contributed by atoms with Crippen LogP contribution in [0.5, 0.6) is 0 Å². The third-order valence-electron chi connectivity index (χ3n) is 2.13. The highest BCUT2D eigenvalue weighted by molar-refractivity contribution is 5.79. The quantitative estimate of drug-likeness (QED) is 0.393. The summed E-state index contributed by atoms with van der Waals surface area (Å²) in [6.45, 7) is 5.36. The van der Waals surface area contributed by atoms with Gasteiger partial charge in [-0.15, -0.1) is 0 Å². The van der Waals surface area contributed by atoms with Crippen LogP contribution in [0.3, 0.4) is 0 Å². The maximum Gasteiger partial charge on any atom is 0.372 e. The standard InChI is InChI=1S/C10H15NO4/c1-4-8(6-11)5-10(14-15-10)9(12)13-7(2)3/h7-8H,4-5H2,1-3H3. The molecular weight excluding hydrogens is 198 g/mol. The van der Waals surface area contributed by atoms with Crippen molar-refractivity contribution in [3.63, 3.8) is 0 Å². The summed E-state index contributed by atoms with van der Waals surface area (Å²) < 4.78 is 4.97. The summed E-state index contributed by atoms with van der Waals surface area (Å²) in [5.74, 6) is -2.13. The lowest BCUT2D eigenvalue weighted by atomic mass is 9.99. The SMILES string of the molecule is CCC(C#N)CC1(C(=O)OC(C)C)OO1. The fraction of sp³-hybridized carbons (Fsp3) is 0.800. The van der Waals surface area contributed by atoms with Crippen LogP contribution in [0.1, 0.15) is 33.6 Å². The average Bonchev–Trinajstić information content (AvgIpc) is 2.94. The highest BCUT2D eigenvalue weighted by atomic mass is 17.4. The number of carbonyl (C=O) groups excluding carboxylic acids is 1. The molecule has 0 aromatic carbocycles. The number of ether oxygens (including phenoxy) is 1. The van der Waals surface area contributed by atoms with E-state index in [1.54, 1.807) is 13.8 Å². The van der Waals surface area contributed by atoms with Crippen LogP contribution >= 0.6 is 0 Å². The average molecular weight is 213 g/mol. The van der Waals surface area contributed by atoms with E-state index < -0.39 is 11.8 Å². The predicted octanol–water partition coefficient (Wildman–Crippen LogP) is 1.54. The van der Waals surface area contributed by atoms with Crippen molar-refractivity contribution < 1.29 is 19.3 Å². The Morgan fingerprint density at radius 1 is 1.53 bits per heavy atom. The molecule has 5 nitrogen and oxygen atoms in total. The smallest absolute Gasteiger partial charge is 0.372 e. The first kappa shape index (κ1) is 12.0. The topological polar surface area (TPSA) is 75.2 Å². The van der Waals surface area contributed by atoms with Crippen molar-refractivity contribution in [1.29, 1.82) is 5.26 Å². The van der Waals surface area contributed by atoms with Gasteiger partial charge in [0, 0.05) is 6.42 Å². The molecule has 84 valence electrons. The van der Waals surface area contributed by atoms with Gasteiger partial charge in [-0.1, -0.05) is 6.92 Å². The van der Waals surface area contributed by atoms with Crippen LogP contribution < -0.4 is 0 Å². The molecule has 1 rings (SSSR count). The second-order valence-electron chi connectivity index (χ2n) is 3.81. The lowest BCUT2D eigenvalue weighted by Gasteiger charge is -2.12. The molecule has 15 heavy (non-hydrogen) atoms. The molecule has 1 unspecified atom stereocenters. The molecule has 0 spiro atoms. The molecule has 5 heteroatoms. The predicted molar refractivity (Wildman–Crippen MR) is 50.1 cm³/mol. The molecule has 1 heterocycles. The fourth-order valence-electron chi connectivity index (χ4n) is 1.18. The minimum atomic E-state index is -1.32. The summed E-state index contributed by atoms with van der Waals surface area (Å²) >= 11 is 0.